The predicted octanol–water partition coefficient (Wildman–Crippen LogP) is 3.79. The van der Waals surface area contributed by atoms with E-state index in [-0.39, 0.29) is 5.56 Å². The molecule has 94 valence electrons. The summed E-state index contributed by atoms with van der Waals surface area (Å²) in [5.41, 5.74) is 0.141. The van der Waals surface area contributed by atoms with E-state index in [0.717, 1.165) is 3.57 Å². The van der Waals surface area contributed by atoms with Gasteiger partial charge in [-0.2, -0.15) is 0 Å². The van der Waals surface area contributed by atoms with Crippen molar-refractivity contribution in [3.8, 4) is 0 Å². The molecule has 2 aromatic carbocycles. The number of rotatable bonds is 2. The zero-order valence-corrected chi connectivity index (χ0v) is 11.2. The van der Waals surface area contributed by atoms with Crippen molar-refractivity contribution in [2.75, 3.05) is 0 Å². The van der Waals surface area contributed by atoms with Crippen LogP contribution in [0.2, 0.25) is 0 Å². The highest BCUT2D eigenvalue weighted by Crippen LogP contribution is 2.26. The number of hydrogen-bond acceptors (Lipinski definition) is 1. The number of hydrogen-bond donors (Lipinski definition) is 1. The highest BCUT2D eigenvalue weighted by molar-refractivity contribution is 14.1. The Hall–Kier alpha value is -1.08. The summed E-state index contributed by atoms with van der Waals surface area (Å²) in [4.78, 5) is 0. The normalized spacial score (nSPS) is 12.5. The lowest BCUT2D eigenvalue weighted by atomic mass is 10.0. The molecule has 0 amide bonds. The van der Waals surface area contributed by atoms with Crippen molar-refractivity contribution in [3.05, 3.63) is 68.5 Å². The summed E-state index contributed by atoms with van der Waals surface area (Å²) in [7, 11) is 0. The molecule has 0 bridgehead atoms. The summed E-state index contributed by atoms with van der Waals surface area (Å²) in [6.45, 7) is 0. The Morgan fingerprint density at radius 3 is 2.28 bits per heavy atom. The lowest BCUT2D eigenvalue weighted by molar-refractivity contribution is 0.213. The summed E-state index contributed by atoms with van der Waals surface area (Å²) in [5, 5.41) is 9.98. The molecule has 0 aliphatic carbocycles. The fraction of sp³-hybridized carbons (Fsp3) is 0.0769. The smallest absolute Gasteiger partial charge is 0.161 e. The predicted molar refractivity (Wildman–Crippen MR) is 69.5 cm³/mol. The van der Waals surface area contributed by atoms with Crippen LogP contribution in [0.5, 0.6) is 0 Å². The van der Waals surface area contributed by atoms with E-state index >= 15 is 0 Å². The molecule has 0 radical (unpaired) electrons. The number of aliphatic hydroxyl groups is 1. The topological polar surface area (TPSA) is 20.2 Å². The van der Waals surface area contributed by atoms with E-state index in [1.807, 2.05) is 22.6 Å². The van der Waals surface area contributed by atoms with Crippen molar-refractivity contribution >= 4 is 22.6 Å². The molecule has 0 fully saturated rings. The van der Waals surface area contributed by atoms with Gasteiger partial charge in [0.05, 0.1) is 0 Å². The first kappa shape index (κ1) is 13.4. The lowest BCUT2D eigenvalue weighted by Gasteiger charge is -2.13. The monoisotopic (exact) mass is 364 g/mol. The quantitative estimate of drug-likeness (QED) is 0.635. The second kappa shape index (κ2) is 5.27. The first-order chi connectivity index (χ1) is 8.49. The van der Waals surface area contributed by atoms with Crippen LogP contribution < -0.4 is 0 Å². The average molecular weight is 364 g/mol. The summed E-state index contributed by atoms with van der Waals surface area (Å²) in [6, 6.07) is 7.84. The van der Waals surface area contributed by atoms with Gasteiger partial charge in [0.2, 0.25) is 0 Å². The zero-order valence-electron chi connectivity index (χ0n) is 9.00. The van der Waals surface area contributed by atoms with Crippen LogP contribution in [0.15, 0.2) is 36.4 Å². The molecular weight excluding hydrogens is 356 g/mol. The number of halogens is 4. The van der Waals surface area contributed by atoms with Crippen LogP contribution in [0.4, 0.5) is 13.2 Å². The minimum absolute atomic E-state index is 0.282. The van der Waals surface area contributed by atoms with Gasteiger partial charge in [-0.15, -0.1) is 0 Å². The molecule has 1 N–H and O–H groups in total. The molecule has 0 aliphatic heterocycles. The molecule has 1 atom stereocenters. The van der Waals surface area contributed by atoms with Crippen molar-refractivity contribution in [3.63, 3.8) is 0 Å². The minimum Gasteiger partial charge on any atom is -0.384 e. The molecule has 2 rings (SSSR count). The van der Waals surface area contributed by atoms with E-state index in [1.54, 1.807) is 24.3 Å². The molecule has 18 heavy (non-hydrogen) atoms. The van der Waals surface area contributed by atoms with Crippen LogP contribution in [0.1, 0.15) is 17.2 Å². The highest BCUT2D eigenvalue weighted by atomic mass is 127. The Kier molecular flexibility index (Phi) is 3.91. The van der Waals surface area contributed by atoms with Crippen LogP contribution >= 0.6 is 22.6 Å². The Labute approximate surface area is 115 Å². The fourth-order valence-corrected chi connectivity index (χ4v) is 2.17. The van der Waals surface area contributed by atoms with Crippen LogP contribution in [-0.4, -0.2) is 5.11 Å². The van der Waals surface area contributed by atoms with Crippen LogP contribution in [0.3, 0.4) is 0 Å². The maximum atomic E-state index is 13.5. The molecule has 0 aliphatic rings. The molecule has 0 heterocycles. The van der Waals surface area contributed by atoms with Crippen molar-refractivity contribution in [1.29, 1.82) is 0 Å². The Balaban J connectivity index is 2.46. The summed E-state index contributed by atoms with van der Waals surface area (Å²) in [5.74, 6) is -3.43. The van der Waals surface area contributed by atoms with Crippen molar-refractivity contribution in [2.24, 2.45) is 0 Å². The van der Waals surface area contributed by atoms with Gasteiger partial charge in [0.15, 0.2) is 11.6 Å². The number of aliphatic hydroxyl groups excluding tert-OH is 1. The third-order valence-corrected chi connectivity index (χ3v) is 3.17. The lowest BCUT2D eigenvalue weighted by Crippen LogP contribution is -2.04. The van der Waals surface area contributed by atoms with Gasteiger partial charge < -0.3 is 5.11 Å². The summed E-state index contributed by atoms with van der Waals surface area (Å²) < 4.78 is 40.2. The van der Waals surface area contributed by atoms with Crippen molar-refractivity contribution in [2.45, 2.75) is 6.10 Å². The van der Waals surface area contributed by atoms with Gasteiger partial charge in [-0.3, -0.25) is 0 Å². The van der Waals surface area contributed by atoms with Gasteiger partial charge in [-0.05, 0) is 46.4 Å². The number of benzene rings is 2. The second-order valence-corrected chi connectivity index (χ2v) is 4.99. The largest absolute Gasteiger partial charge is 0.384 e. The first-order valence-corrected chi connectivity index (χ1v) is 6.15. The molecule has 0 aromatic heterocycles. The van der Waals surface area contributed by atoms with Gasteiger partial charge in [0.1, 0.15) is 11.9 Å². The Morgan fingerprint density at radius 2 is 1.61 bits per heavy atom. The highest BCUT2D eigenvalue weighted by Gasteiger charge is 2.18. The molecular formula is C13H8F3IO. The third kappa shape index (κ3) is 2.67. The molecule has 0 saturated carbocycles. The van der Waals surface area contributed by atoms with Crippen LogP contribution in [-0.2, 0) is 0 Å². The maximum Gasteiger partial charge on any atom is 0.161 e. The zero-order chi connectivity index (χ0) is 13.3. The fourth-order valence-electron chi connectivity index (χ4n) is 1.60. The van der Waals surface area contributed by atoms with Gasteiger partial charge in [0.25, 0.3) is 0 Å². The van der Waals surface area contributed by atoms with Crippen LogP contribution in [0.25, 0.3) is 0 Å². The van der Waals surface area contributed by atoms with Gasteiger partial charge in [0, 0.05) is 15.2 Å². The van der Waals surface area contributed by atoms with E-state index in [2.05, 4.69) is 0 Å². The second-order valence-electron chi connectivity index (χ2n) is 3.75. The van der Waals surface area contributed by atoms with Crippen LogP contribution in [0, 0.1) is 21.0 Å². The molecule has 0 spiro atoms. The molecule has 2 aromatic rings. The third-order valence-electron chi connectivity index (χ3n) is 2.50. The van der Waals surface area contributed by atoms with E-state index < -0.39 is 23.6 Å². The van der Waals surface area contributed by atoms with E-state index in [9.17, 15) is 18.3 Å². The van der Waals surface area contributed by atoms with Crippen molar-refractivity contribution in [1.82, 2.24) is 0 Å². The maximum absolute atomic E-state index is 13.5. The van der Waals surface area contributed by atoms with E-state index in [1.165, 1.54) is 0 Å². The molecule has 5 heteroatoms. The molecule has 1 unspecified atom stereocenters. The standard InChI is InChI=1S/C13H8F3IO/c14-10-6-12(16)11(15)5-9(10)13(18)7-2-1-3-8(17)4-7/h1-6,13,18H. The average Bonchev–Trinajstić information content (AvgIpc) is 2.33. The van der Waals surface area contributed by atoms with Gasteiger partial charge in [-0.1, -0.05) is 12.1 Å². The summed E-state index contributed by atoms with van der Waals surface area (Å²) >= 11 is 2.04. The molecule has 0 saturated heterocycles. The summed E-state index contributed by atoms with van der Waals surface area (Å²) in [6.07, 6.45) is -1.32. The van der Waals surface area contributed by atoms with Crippen molar-refractivity contribution < 1.29 is 18.3 Å². The Morgan fingerprint density at radius 1 is 0.944 bits per heavy atom. The van der Waals surface area contributed by atoms with Gasteiger partial charge >= 0.3 is 0 Å². The first-order valence-electron chi connectivity index (χ1n) is 5.07. The Bertz CT molecular complexity index is 586. The van der Waals surface area contributed by atoms with Gasteiger partial charge in [-0.25, -0.2) is 13.2 Å². The minimum atomic E-state index is -1.32. The van der Waals surface area contributed by atoms with E-state index in [4.69, 9.17) is 0 Å². The molecule has 1 nitrogen and oxygen atoms in total. The van der Waals surface area contributed by atoms with E-state index in [0.29, 0.717) is 17.7 Å². The SMILES string of the molecule is OC(c1cccc(I)c1)c1cc(F)c(F)cc1F.